The van der Waals surface area contributed by atoms with Gasteiger partial charge in [0.05, 0.1) is 0 Å². The van der Waals surface area contributed by atoms with E-state index in [1.165, 1.54) is 0 Å². The van der Waals surface area contributed by atoms with E-state index < -0.39 is 0 Å². The number of hydrogen-bond donors (Lipinski definition) is 1. The van der Waals surface area contributed by atoms with E-state index in [1.807, 2.05) is 18.2 Å². The lowest BCUT2D eigenvalue weighted by Crippen LogP contribution is -2.33. The van der Waals surface area contributed by atoms with Gasteiger partial charge in [-0.05, 0) is 31.4 Å². The molecule has 0 aliphatic rings. The van der Waals surface area contributed by atoms with Crippen LogP contribution >= 0.6 is 11.6 Å². The number of rotatable bonds is 8. The van der Waals surface area contributed by atoms with Crippen LogP contribution < -0.4 is 0 Å². The molecule has 1 amide bonds. The first-order chi connectivity index (χ1) is 9.76. The summed E-state index contributed by atoms with van der Waals surface area (Å²) < 4.78 is 0. The molecule has 0 spiro atoms. The number of pyridine rings is 1. The zero-order valence-electron chi connectivity index (χ0n) is 12.2. The molecule has 114 valence electrons. The van der Waals surface area contributed by atoms with E-state index in [4.69, 9.17) is 16.7 Å². The van der Waals surface area contributed by atoms with E-state index in [9.17, 15) is 4.79 Å². The van der Waals surface area contributed by atoms with Gasteiger partial charge in [-0.25, -0.2) is 0 Å². The number of aromatic nitrogens is 1. The SMILES string of the molecule is CCCCN(CCCCO)C(=O)CCl.c1ccncc1. The molecule has 0 bridgehead atoms. The van der Waals surface area contributed by atoms with Crippen molar-refractivity contribution in [2.75, 3.05) is 25.6 Å². The zero-order chi connectivity index (χ0) is 15.1. The smallest absolute Gasteiger partial charge is 0.237 e. The van der Waals surface area contributed by atoms with Crippen molar-refractivity contribution < 1.29 is 9.90 Å². The first-order valence-electron chi connectivity index (χ1n) is 7.05. The molecule has 0 saturated carbocycles. The predicted molar refractivity (Wildman–Crippen MR) is 82.8 cm³/mol. The number of hydrogen-bond acceptors (Lipinski definition) is 3. The van der Waals surface area contributed by atoms with E-state index in [0.717, 1.165) is 32.2 Å². The highest BCUT2D eigenvalue weighted by molar-refractivity contribution is 6.27. The summed E-state index contributed by atoms with van der Waals surface area (Å²) >= 11 is 5.50. The Morgan fingerprint density at radius 3 is 2.20 bits per heavy atom. The average molecular weight is 301 g/mol. The lowest BCUT2D eigenvalue weighted by molar-refractivity contribution is -0.128. The van der Waals surface area contributed by atoms with Crippen molar-refractivity contribution in [2.45, 2.75) is 32.6 Å². The van der Waals surface area contributed by atoms with E-state index in [0.29, 0.717) is 6.54 Å². The van der Waals surface area contributed by atoms with Crippen LogP contribution in [0.25, 0.3) is 0 Å². The van der Waals surface area contributed by atoms with Crippen LogP contribution in [0.3, 0.4) is 0 Å². The number of unbranched alkanes of at least 4 members (excludes halogenated alkanes) is 2. The van der Waals surface area contributed by atoms with Crippen molar-refractivity contribution in [1.82, 2.24) is 9.88 Å². The largest absolute Gasteiger partial charge is 0.396 e. The molecule has 0 aliphatic carbocycles. The number of aliphatic hydroxyl groups is 1. The molecule has 0 atom stereocenters. The predicted octanol–water partition coefficient (Wildman–Crippen LogP) is 2.71. The quantitative estimate of drug-likeness (QED) is 0.593. The molecule has 0 radical (unpaired) electrons. The number of amides is 1. The fourth-order valence-electron chi connectivity index (χ4n) is 1.52. The minimum Gasteiger partial charge on any atom is -0.396 e. The molecule has 4 nitrogen and oxygen atoms in total. The third-order valence-corrected chi connectivity index (χ3v) is 2.88. The Labute approximate surface area is 126 Å². The van der Waals surface area contributed by atoms with Crippen molar-refractivity contribution in [3.8, 4) is 0 Å². The monoisotopic (exact) mass is 300 g/mol. The third kappa shape index (κ3) is 10.8. The van der Waals surface area contributed by atoms with Gasteiger partial charge >= 0.3 is 0 Å². The zero-order valence-corrected chi connectivity index (χ0v) is 12.9. The molecule has 0 aliphatic heterocycles. The Morgan fingerprint density at radius 1 is 1.15 bits per heavy atom. The Hall–Kier alpha value is -1.13. The second kappa shape index (κ2) is 14.3. The lowest BCUT2D eigenvalue weighted by atomic mass is 10.2. The molecule has 1 rings (SSSR count). The Kier molecular flexibility index (Phi) is 13.5. The van der Waals surface area contributed by atoms with Crippen molar-refractivity contribution in [3.05, 3.63) is 30.6 Å². The van der Waals surface area contributed by atoms with Crippen molar-refractivity contribution in [1.29, 1.82) is 0 Å². The van der Waals surface area contributed by atoms with Gasteiger partial charge in [0.1, 0.15) is 5.88 Å². The molecule has 1 aromatic rings. The molecule has 5 heteroatoms. The van der Waals surface area contributed by atoms with Crippen LogP contribution in [0.5, 0.6) is 0 Å². The van der Waals surface area contributed by atoms with Crippen molar-refractivity contribution in [2.24, 2.45) is 0 Å². The van der Waals surface area contributed by atoms with E-state index >= 15 is 0 Å². The molecular formula is C15H25ClN2O2. The second-order valence-electron chi connectivity index (χ2n) is 4.32. The standard InChI is InChI=1S/C10H20ClNO2.C5H5N/c1-2-3-6-12(10(14)9-11)7-4-5-8-13;1-2-4-6-5-3-1/h13H,2-9H2,1H3;1-5H. The maximum Gasteiger partial charge on any atom is 0.237 e. The Balaban J connectivity index is 0.000000493. The van der Waals surface area contributed by atoms with Crippen LogP contribution in [-0.4, -0.2) is 46.5 Å². The van der Waals surface area contributed by atoms with Gasteiger partial charge in [-0.1, -0.05) is 19.4 Å². The number of nitrogens with zero attached hydrogens (tertiary/aromatic N) is 2. The molecule has 0 saturated heterocycles. The second-order valence-corrected chi connectivity index (χ2v) is 4.59. The summed E-state index contributed by atoms with van der Waals surface area (Å²) in [4.78, 5) is 16.9. The molecular weight excluding hydrogens is 276 g/mol. The van der Waals surface area contributed by atoms with Gasteiger partial charge in [0.2, 0.25) is 5.91 Å². The molecule has 0 aromatic carbocycles. The Morgan fingerprint density at radius 2 is 1.80 bits per heavy atom. The normalized spacial score (nSPS) is 9.55. The van der Waals surface area contributed by atoms with Crippen LogP contribution in [0, 0.1) is 0 Å². The molecule has 0 unspecified atom stereocenters. The molecule has 1 N–H and O–H groups in total. The highest BCUT2D eigenvalue weighted by Gasteiger charge is 2.10. The summed E-state index contributed by atoms with van der Waals surface area (Å²) in [5.41, 5.74) is 0. The maximum atomic E-state index is 11.3. The molecule has 1 heterocycles. The van der Waals surface area contributed by atoms with Crippen LogP contribution in [0.2, 0.25) is 0 Å². The van der Waals surface area contributed by atoms with E-state index in [-0.39, 0.29) is 18.4 Å². The van der Waals surface area contributed by atoms with Crippen LogP contribution in [-0.2, 0) is 4.79 Å². The lowest BCUT2D eigenvalue weighted by Gasteiger charge is -2.21. The minimum absolute atomic E-state index is 0.00180. The first kappa shape index (κ1) is 18.9. The molecule has 1 aromatic heterocycles. The topological polar surface area (TPSA) is 53.4 Å². The number of halogens is 1. The van der Waals surface area contributed by atoms with Gasteiger partial charge in [0.25, 0.3) is 0 Å². The summed E-state index contributed by atoms with van der Waals surface area (Å²) in [6, 6.07) is 5.72. The van der Waals surface area contributed by atoms with Crippen molar-refractivity contribution >= 4 is 17.5 Å². The van der Waals surface area contributed by atoms with Crippen LogP contribution in [0.4, 0.5) is 0 Å². The van der Waals surface area contributed by atoms with Gasteiger partial charge < -0.3 is 10.0 Å². The summed E-state index contributed by atoms with van der Waals surface area (Å²) in [6.07, 6.45) is 7.19. The fraction of sp³-hybridized carbons (Fsp3) is 0.600. The van der Waals surface area contributed by atoms with Gasteiger partial charge in [-0.15, -0.1) is 11.6 Å². The summed E-state index contributed by atoms with van der Waals surface area (Å²) in [5.74, 6) is 0.0566. The number of carbonyl (C=O) groups is 1. The molecule has 0 fully saturated rings. The fourth-order valence-corrected chi connectivity index (χ4v) is 1.69. The summed E-state index contributed by atoms with van der Waals surface area (Å²) in [5, 5.41) is 8.62. The Bertz CT molecular complexity index is 296. The average Bonchev–Trinajstić information content (AvgIpc) is 2.52. The number of carbonyl (C=O) groups excluding carboxylic acids is 1. The van der Waals surface area contributed by atoms with Gasteiger partial charge in [0, 0.05) is 32.1 Å². The van der Waals surface area contributed by atoms with E-state index in [1.54, 1.807) is 17.3 Å². The summed E-state index contributed by atoms with van der Waals surface area (Å²) in [6.45, 7) is 3.79. The maximum absolute atomic E-state index is 11.3. The third-order valence-electron chi connectivity index (χ3n) is 2.65. The highest BCUT2D eigenvalue weighted by atomic mass is 35.5. The molecule has 20 heavy (non-hydrogen) atoms. The van der Waals surface area contributed by atoms with Gasteiger partial charge in [-0.3, -0.25) is 9.78 Å². The van der Waals surface area contributed by atoms with Crippen LogP contribution in [0.1, 0.15) is 32.6 Å². The van der Waals surface area contributed by atoms with Crippen LogP contribution in [0.15, 0.2) is 30.6 Å². The summed E-state index contributed by atoms with van der Waals surface area (Å²) in [7, 11) is 0. The minimum atomic E-state index is -0.00180. The first-order valence-corrected chi connectivity index (χ1v) is 7.59. The van der Waals surface area contributed by atoms with Gasteiger partial charge in [0.15, 0.2) is 0 Å². The highest BCUT2D eigenvalue weighted by Crippen LogP contribution is 2.00. The van der Waals surface area contributed by atoms with Gasteiger partial charge in [-0.2, -0.15) is 0 Å². The number of aliphatic hydroxyl groups excluding tert-OH is 1. The number of alkyl halides is 1. The van der Waals surface area contributed by atoms with Crippen molar-refractivity contribution in [3.63, 3.8) is 0 Å². The van der Waals surface area contributed by atoms with E-state index in [2.05, 4.69) is 11.9 Å².